The van der Waals surface area contributed by atoms with E-state index in [1.165, 1.54) is 25.0 Å². The third kappa shape index (κ3) is 3.57. The van der Waals surface area contributed by atoms with E-state index in [-0.39, 0.29) is 35.9 Å². The second-order valence-corrected chi connectivity index (χ2v) is 9.85. The summed E-state index contributed by atoms with van der Waals surface area (Å²) in [4.78, 5) is 16.7. The fourth-order valence-electron chi connectivity index (χ4n) is 4.13. The number of hydrogen-bond donors (Lipinski definition) is 1. The van der Waals surface area contributed by atoms with Crippen LogP contribution in [0.1, 0.15) is 18.4 Å². The number of amides is 1. The minimum atomic E-state index is -3.16. The Bertz CT molecular complexity index is 824. The highest BCUT2D eigenvalue weighted by molar-refractivity contribution is 7.91. The highest BCUT2D eigenvalue weighted by Gasteiger charge is 2.48. The van der Waals surface area contributed by atoms with Gasteiger partial charge in [-0.25, -0.2) is 12.8 Å². The molecular formula is C18H23FN2O4S. The lowest BCUT2D eigenvalue weighted by Gasteiger charge is -2.44. The van der Waals surface area contributed by atoms with Crippen LogP contribution in [0, 0.1) is 11.7 Å². The van der Waals surface area contributed by atoms with Crippen LogP contribution >= 0.6 is 0 Å². The first-order chi connectivity index (χ1) is 12.3. The van der Waals surface area contributed by atoms with Gasteiger partial charge in [0.2, 0.25) is 5.91 Å². The number of piperazine rings is 1. The number of halogens is 1. The van der Waals surface area contributed by atoms with Crippen molar-refractivity contribution in [1.82, 2.24) is 9.80 Å². The van der Waals surface area contributed by atoms with Crippen molar-refractivity contribution < 1.29 is 22.7 Å². The Morgan fingerprint density at radius 3 is 2.62 bits per heavy atom. The maximum Gasteiger partial charge on any atom is 0.227 e. The summed E-state index contributed by atoms with van der Waals surface area (Å²) in [6, 6.07) is 3.45. The first-order valence-electron chi connectivity index (χ1n) is 9.04. The van der Waals surface area contributed by atoms with Crippen LogP contribution in [-0.2, 0) is 21.1 Å². The van der Waals surface area contributed by atoms with Crippen LogP contribution in [0.25, 0.3) is 0 Å². The summed E-state index contributed by atoms with van der Waals surface area (Å²) >= 11 is 0. The molecule has 8 heteroatoms. The highest BCUT2D eigenvalue weighted by Crippen LogP contribution is 2.34. The van der Waals surface area contributed by atoms with Crippen LogP contribution in [0.3, 0.4) is 0 Å². The van der Waals surface area contributed by atoms with Gasteiger partial charge < -0.3 is 10.0 Å². The Balaban J connectivity index is 1.50. The van der Waals surface area contributed by atoms with Crippen molar-refractivity contribution in [3.8, 4) is 5.75 Å². The number of hydrogen-bond acceptors (Lipinski definition) is 5. The third-order valence-corrected chi connectivity index (χ3v) is 7.37. The predicted octanol–water partition coefficient (Wildman–Crippen LogP) is 0.794. The molecule has 1 saturated carbocycles. The highest BCUT2D eigenvalue weighted by atomic mass is 32.2. The van der Waals surface area contributed by atoms with Crippen molar-refractivity contribution in [1.29, 1.82) is 0 Å². The van der Waals surface area contributed by atoms with E-state index >= 15 is 0 Å². The molecule has 1 N–H and O–H groups in total. The molecule has 3 fully saturated rings. The van der Waals surface area contributed by atoms with Crippen molar-refractivity contribution in [2.75, 3.05) is 31.1 Å². The number of rotatable bonds is 4. The summed E-state index contributed by atoms with van der Waals surface area (Å²) in [5.74, 6) is -0.603. The molecule has 1 aromatic carbocycles. The lowest BCUT2D eigenvalue weighted by atomic mass is 10.0. The second-order valence-electron chi connectivity index (χ2n) is 7.70. The van der Waals surface area contributed by atoms with Gasteiger partial charge in [0.1, 0.15) is 0 Å². The zero-order chi connectivity index (χ0) is 18.5. The van der Waals surface area contributed by atoms with E-state index in [9.17, 15) is 22.7 Å². The van der Waals surface area contributed by atoms with Gasteiger partial charge in [0.25, 0.3) is 0 Å². The fraction of sp³-hybridized carbons (Fsp3) is 0.611. The van der Waals surface area contributed by atoms with Crippen molar-refractivity contribution in [2.45, 2.75) is 31.3 Å². The molecule has 2 saturated heterocycles. The van der Waals surface area contributed by atoms with Crippen LogP contribution in [0.5, 0.6) is 5.75 Å². The number of fused-ring (bicyclic) bond motifs is 1. The molecule has 142 valence electrons. The Labute approximate surface area is 152 Å². The maximum absolute atomic E-state index is 13.5. The molecule has 1 aliphatic carbocycles. The minimum absolute atomic E-state index is 0.00307. The lowest BCUT2D eigenvalue weighted by Crippen LogP contribution is -2.61. The standard InChI is InChI=1S/C18H23FN2O4S/c19-14-7-13(3-4-17(14)22)8-18(23)21-6-5-20(9-12-1-2-12)15-10-26(24,25)11-16(15)21/h3-4,7,12,15-16,22H,1-2,5-6,8-11H2/t15-,16+/m1/s1. The van der Waals surface area contributed by atoms with Crippen LogP contribution in [0.4, 0.5) is 4.39 Å². The van der Waals surface area contributed by atoms with E-state index in [0.29, 0.717) is 24.6 Å². The number of phenolic OH excluding ortho intramolecular Hbond substituents is 1. The Morgan fingerprint density at radius 1 is 1.19 bits per heavy atom. The zero-order valence-corrected chi connectivity index (χ0v) is 15.3. The molecule has 0 unspecified atom stereocenters. The molecule has 0 spiro atoms. The minimum Gasteiger partial charge on any atom is -0.505 e. The van der Waals surface area contributed by atoms with Gasteiger partial charge in [-0.1, -0.05) is 6.07 Å². The third-order valence-electron chi connectivity index (χ3n) is 5.67. The first kappa shape index (κ1) is 17.7. The average Bonchev–Trinajstić information content (AvgIpc) is 3.31. The molecule has 1 amide bonds. The smallest absolute Gasteiger partial charge is 0.227 e. The molecule has 26 heavy (non-hydrogen) atoms. The van der Waals surface area contributed by atoms with Crippen molar-refractivity contribution in [3.05, 3.63) is 29.6 Å². The van der Waals surface area contributed by atoms with Crippen LogP contribution < -0.4 is 0 Å². The first-order valence-corrected chi connectivity index (χ1v) is 10.9. The SMILES string of the molecule is O=C(Cc1ccc(O)c(F)c1)N1CCN(CC2CC2)[C@@H]2CS(=O)(=O)C[C@@H]21. The summed E-state index contributed by atoms with van der Waals surface area (Å²) in [7, 11) is -3.16. The molecule has 4 rings (SSSR count). The Hall–Kier alpha value is -1.67. The van der Waals surface area contributed by atoms with Gasteiger partial charge in [-0.2, -0.15) is 0 Å². The van der Waals surface area contributed by atoms with E-state index in [4.69, 9.17) is 0 Å². The molecule has 1 aromatic rings. The molecule has 6 nitrogen and oxygen atoms in total. The Kier molecular flexibility index (Phi) is 4.43. The van der Waals surface area contributed by atoms with E-state index in [1.807, 2.05) is 0 Å². The number of benzene rings is 1. The number of carbonyl (C=O) groups excluding carboxylic acids is 1. The maximum atomic E-state index is 13.5. The van der Waals surface area contributed by atoms with Gasteiger partial charge in [-0.05, 0) is 36.5 Å². The summed E-state index contributed by atoms with van der Waals surface area (Å²) < 4.78 is 37.9. The zero-order valence-electron chi connectivity index (χ0n) is 14.5. The molecule has 2 atom stereocenters. The summed E-state index contributed by atoms with van der Waals surface area (Å²) in [5, 5.41) is 9.27. The van der Waals surface area contributed by atoms with E-state index < -0.39 is 21.4 Å². The monoisotopic (exact) mass is 382 g/mol. The van der Waals surface area contributed by atoms with Gasteiger partial charge in [0, 0.05) is 25.7 Å². The normalized spacial score (nSPS) is 28.1. The molecular weight excluding hydrogens is 359 g/mol. The van der Waals surface area contributed by atoms with Gasteiger partial charge in [-0.15, -0.1) is 0 Å². The van der Waals surface area contributed by atoms with E-state index in [0.717, 1.165) is 12.6 Å². The molecule has 0 bridgehead atoms. The molecule has 2 aliphatic heterocycles. The van der Waals surface area contributed by atoms with Crippen LogP contribution in [-0.4, -0.2) is 72.5 Å². The largest absolute Gasteiger partial charge is 0.505 e. The van der Waals surface area contributed by atoms with Crippen molar-refractivity contribution >= 4 is 15.7 Å². The summed E-state index contributed by atoms with van der Waals surface area (Å²) in [5.41, 5.74) is 0.475. The van der Waals surface area contributed by atoms with E-state index in [1.54, 1.807) is 4.90 Å². The lowest BCUT2D eigenvalue weighted by molar-refractivity contribution is -0.136. The van der Waals surface area contributed by atoms with Crippen molar-refractivity contribution in [2.24, 2.45) is 5.92 Å². The van der Waals surface area contributed by atoms with Crippen LogP contribution in [0.2, 0.25) is 0 Å². The topological polar surface area (TPSA) is 77.9 Å². The second kappa shape index (κ2) is 6.49. The van der Waals surface area contributed by atoms with Gasteiger partial charge in [-0.3, -0.25) is 9.69 Å². The molecule has 0 aromatic heterocycles. The van der Waals surface area contributed by atoms with Crippen molar-refractivity contribution in [3.63, 3.8) is 0 Å². The van der Waals surface area contributed by atoms with Crippen LogP contribution in [0.15, 0.2) is 18.2 Å². The molecule has 3 aliphatic rings. The molecule has 2 heterocycles. The number of phenols is 1. The fourth-order valence-corrected chi connectivity index (χ4v) is 6.14. The summed E-state index contributed by atoms with van der Waals surface area (Å²) in [6.45, 7) is 2.10. The summed E-state index contributed by atoms with van der Waals surface area (Å²) in [6.07, 6.45) is 2.41. The van der Waals surface area contributed by atoms with Gasteiger partial charge in [0.05, 0.1) is 24.0 Å². The number of carbonyl (C=O) groups is 1. The number of nitrogens with zero attached hydrogens (tertiary/aromatic N) is 2. The van der Waals surface area contributed by atoms with E-state index in [2.05, 4.69) is 4.90 Å². The quantitative estimate of drug-likeness (QED) is 0.833. The average molecular weight is 382 g/mol. The predicted molar refractivity (Wildman–Crippen MR) is 94.0 cm³/mol. The number of sulfone groups is 1. The Morgan fingerprint density at radius 2 is 1.92 bits per heavy atom. The molecule has 0 radical (unpaired) electrons. The number of aromatic hydroxyl groups is 1. The van der Waals surface area contributed by atoms with Gasteiger partial charge >= 0.3 is 0 Å². The van der Waals surface area contributed by atoms with Gasteiger partial charge in [0.15, 0.2) is 21.4 Å².